The number of nitrogens with one attached hydrogen (secondary N) is 1. The van der Waals surface area contributed by atoms with Gasteiger partial charge in [0.2, 0.25) is 5.88 Å². The molecule has 0 radical (unpaired) electrons. The number of nitrogens with two attached hydrogens (primary N) is 1. The molecule has 0 spiro atoms. The number of ether oxygens (including phenoxy) is 1. The molecular formula is C18H12ClN3O. The van der Waals surface area contributed by atoms with E-state index >= 15 is 0 Å². The summed E-state index contributed by atoms with van der Waals surface area (Å²) in [5.74, 6) is 0.537. The molecule has 23 heavy (non-hydrogen) atoms. The van der Waals surface area contributed by atoms with Crippen molar-refractivity contribution in [2.24, 2.45) is 5.73 Å². The van der Waals surface area contributed by atoms with Crippen LogP contribution >= 0.6 is 11.6 Å². The summed E-state index contributed by atoms with van der Waals surface area (Å²) in [6.45, 7) is 0. The number of H-pyrrole nitrogens is 1. The minimum Gasteiger partial charge on any atom is -0.440 e. The lowest BCUT2D eigenvalue weighted by molar-refractivity contribution is 0.394. The number of para-hydroxylation sites is 1. The van der Waals surface area contributed by atoms with Crippen LogP contribution in [-0.4, -0.2) is 4.98 Å². The van der Waals surface area contributed by atoms with Crippen molar-refractivity contribution in [3.05, 3.63) is 76.3 Å². The normalized spacial score (nSPS) is 16.8. The lowest BCUT2D eigenvalue weighted by Crippen LogP contribution is -2.20. The number of aromatic nitrogens is 1. The molecule has 4 rings (SSSR count). The van der Waals surface area contributed by atoms with Gasteiger partial charge < -0.3 is 15.5 Å². The SMILES string of the molecule is N#CC1=C(N)Oc2ccccc2[C@@H]1c1c[nH]c2ccc(Cl)cc12. The smallest absolute Gasteiger partial charge is 0.205 e. The summed E-state index contributed by atoms with van der Waals surface area (Å²) >= 11 is 6.15. The van der Waals surface area contributed by atoms with Gasteiger partial charge in [-0.25, -0.2) is 0 Å². The molecule has 1 aliphatic heterocycles. The summed E-state index contributed by atoms with van der Waals surface area (Å²) in [5, 5.41) is 11.2. The molecule has 3 aromatic rings. The summed E-state index contributed by atoms with van der Waals surface area (Å²) in [4.78, 5) is 3.23. The molecule has 0 bridgehead atoms. The predicted molar refractivity (Wildman–Crippen MR) is 89.0 cm³/mol. The van der Waals surface area contributed by atoms with E-state index in [-0.39, 0.29) is 11.8 Å². The van der Waals surface area contributed by atoms with E-state index in [2.05, 4.69) is 11.1 Å². The zero-order chi connectivity index (χ0) is 16.0. The van der Waals surface area contributed by atoms with Crippen LogP contribution in [0.2, 0.25) is 5.02 Å². The molecule has 112 valence electrons. The third-order valence-electron chi connectivity index (χ3n) is 4.11. The number of fused-ring (bicyclic) bond motifs is 2. The summed E-state index contributed by atoms with van der Waals surface area (Å²) < 4.78 is 5.60. The highest BCUT2D eigenvalue weighted by atomic mass is 35.5. The molecule has 0 saturated carbocycles. The Morgan fingerprint density at radius 1 is 1.17 bits per heavy atom. The standard InChI is InChI=1S/C18H12ClN3O/c19-10-5-6-15-12(7-10)14(9-22-15)17-11-3-1-2-4-16(11)23-18(21)13(17)8-20/h1-7,9,17,22H,21H2/t17-/m0/s1. The van der Waals surface area contributed by atoms with Crippen LogP contribution in [0, 0.1) is 11.3 Å². The summed E-state index contributed by atoms with van der Waals surface area (Å²) in [7, 11) is 0. The number of aromatic amines is 1. The molecule has 0 aliphatic carbocycles. The van der Waals surface area contributed by atoms with Crippen molar-refractivity contribution in [3.63, 3.8) is 0 Å². The molecule has 0 unspecified atom stereocenters. The first kappa shape index (κ1) is 13.7. The van der Waals surface area contributed by atoms with Crippen LogP contribution in [-0.2, 0) is 0 Å². The molecule has 1 atom stereocenters. The van der Waals surface area contributed by atoms with Crippen molar-refractivity contribution in [1.82, 2.24) is 4.98 Å². The van der Waals surface area contributed by atoms with Crippen LogP contribution < -0.4 is 10.5 Å². The van der Waals surface area contributed by atoms with Gasteiger partial charge in [-0.1, -0.05) is 29.8 Å². The van der Waals surface area contributed by atoms with Gasteiger partial charge in [-0.3, -0.25) is 0 Å². The van der Waals surface area contributed by atoms with Gasteiger partial charge in [0, 0.05) is 27.7 Å². The fourth-order valence-corrected chi connectivity index (χ4v) is 3.25. The van der Waals surface area contributed by atoms with E-state index in [1.165, 1.54) is 0 Å². The van der Waals surface area contributed by atoms with Crippen LogP contribution in [0.15, 0.2) is 60.1 Å². The van der Waals surface area contributed by atoms with E-state index in [0.717, 1.165) is 22.0 Å². The number of nitriles is 1. The van der Waals surface area contributed by atoms with Gasteiger partial charge in [0.15, 0.2) is 0 Å². The third kappa shape index (κ3) is 2.06. The molecular weight excluding hydrogens is 310 g/mol. The van der Waals surface area contributed by atoms with Gasteiger partial charge in [-0.05, 0) is 29.8 Å². The minimum atomic E-state index is -0.280. The molecule has 1 aliphatic rings. The lowest BCUT2D eigenvalue weighted by atomic mass is 9.83. The van der Waals surface area contributed by atoms with Gasteiger partial charge >= 0.3 is 0 Å². The van der Waals surface area contributed by atoms with Gasteiger partial charge in [-0.15, -0.1) is 0 Å². The second-order valence-corrected chi connectivity index (χ2v) is 5.83. The maximum atomic E-state index is 9.58. The van der Waals surface area contributed by atoms with E-state index < -0.39 is 0 Å². The van der Waals surface area contributed by atoms with Gasteiger partial charge in [-0.2, -0.15) is 5.26 Å². The quantitative estimate of drug-likeness (QED) is 0.710. The van der Waals surface area contributed by atoms with E-state index in [1.54, 1.807) is 0 Å². The fraction of sp³-hybridized carbons (Fsp3) is 0.0556. The molecule has 2 aromatic carbocycles. The molecule has 0 amide bonds. The summed E-state index contributed by atoms with van der Waals surface area (Å²) in [6, 6.07) is 15.5. The van der Waals surface area contributed by atoms with Gasteiger partial charge in [0.05, 0.1) is 5.92 Å². The number of rotatable bonds is 1. The lowest BCUT2D eigenvalue weighted by Gasteiger charge is -2.25. The zero-order valence-electron chi connectivity index (χ0n) is 12.0. The van der Waals surface area contributed by atoms with Gasteiger partial charge in [0.1, 0.15) is 17.4 Å². The Hall–Kier alpha value is -2.90. The summed E-state index contributed by atoms with van der Waals surface area (Å²) in [6.07, 6.45) is 1.90. The number of nitrogens with zero attached hydrogens (tertiary/aromatic N) is 1. The predicted octanol–water partition coefficient (Wildman–Crippen LogP) is 4.04. The number of benzene rings is 2. The first-order valence-electron chi connectivity index (χ1n) is 7.12. The maximum absolute atomic E-state index is 9.58. The average molecular weight is 322 g/mol. The van der Waals surface area contributed by atoms with E-state index in [4.69, 9.17) is 22.1 Å². The number of halogens is 1. The Morgan fingerprint density at radius 2 is 2.00 bits per heavy atom. The molecule has 3 N–H and O–H groups in total. The average Bonchev–Trinajstić information content (AvgIpc) is 2.96. The van der Waals surface area contributed by atoms with Crippen molar-refractivity contribution in [2.75, 3.05) is 0 Å². The molecule has 0 fully saturated rings. The monoisotopic (exact) mass is 321 g/mol. The largest absolute Gasteiger partial charge is 0.440 e. The van der Waals surface area contributed by atoms with E-state index in [1.807, 2.05) is 48.7 Å². The number of allylic oxidation sites excluding steroid dienone is 1. The van der Waals surface area contributed by atoms with Crippen molar-refractivity contribution in [1.29, 1.82) is 5.26 Å². The Morgan fingerprint density at radius 3 is 2.83 bits per heavy atom. The Kier molecular flexibility index (Phi) is 3.03. The molecule has 2 heterocycles. The first-order chi connectivity index (χ1) is 11.2. The van der Waals surface area contributed by atoms with Crippen LogP contribution in [0.1, 0.15) is 17.0 Å². The van der Waals surface area contributed by atoms with E-state index in [0.29, 0.717) is 16.3 Å². The highest BCUT2D eigenvalue weighted by molar-refractivity contribution is 6.31. The van der Waals surface area contributed by atoms with Crippen molar-refractivity contribution in [3.8, 4) is 11.8 Å². The Balaban J connectivity index is 2.02. The van der Waals surface area contributed by atoms with Crippen molar-refractivity contribution < 1.29 is 4.74 Å². The van der Waals surface area contributed by atoms with E-state index in [9.17, 15) is 5.26 Å². The number of hydrogen-bond acceptors (Lipinski definition) is 3. The highest BCUT2D eigenvalue weighted by Crippen LogP contribution is 2.44. The van der Waals surface area contributed by atoms with Crippen molar-refractivity contribution in [2.45, 2.75) is 5.92 Å². The third-order valence-corrected chi connectivity index (χ3v) is 4.35. The van der Waals surface area contributed by atoms with Crippen LogP contribution in [0.25, 0.3) is 10.9 Å². The minimum absolute atomic E-state index is 0.146. The molecule has 5 heteroatoms. The van der Waals surface area contributed by atoms with Crippen LogP contribution in [0.5, 0.6) is 5.75 Å². The highest BCUT2D eigenvalue weighted by Gasteiger charge is 2.31. The maximum Gasteiger partial charge on any atom is 0.205 e. The molecule has 1 aromatic heterocycles. The van der Waals surface area contributed by atoms with Crippen LogP contribution in [0.3, 0.4) is 0 Å². The van der Waals surface area contributed by atoms with Gasteiger partial charge in [0.25, 0.3) is 0 Å². The molecule has 4 nitrogen and oxygen atoms in total. The van der Waals surface area contributed by atoms with Crippen LogP contribution in [0.4, 0.5) is 0 Å². The molecule has 0 saturated heterocycles. The Bertz CT molecular complexity index is 997. The zero-order valence-corrected chi connectivity index (χ0v) is 12.8. The fourth-order valence-electron chi connectivity index (χ4n) is 3.08. The second kappa shape index (κ2) is 5.08. The Labute approximate surface area is 137 Å². The topological polar surface area (TPSA) is 74.8 Å². The summed E-state index contributed by atoms with van der Waals surface area (Å²) in [5.41, 5.74) is 9.21. The first-order valence-corrected chi connectivity index (χ1v) is 7.50. The second-order valence-electron chi connectivity index (χ2n) is 5.40. The van der Waals surface area contributed by atoms with Crippen molar-refractivity contribution >= 4 is 22.5 Å². The number of hydrogen-bond donors (Lipinski definition) is 2.